The van der Waals surface area contributed by atoms with E-state index < -0.39 is 0 Å². The minimum absolute atomic E-state index is 0.166. The van der Waals surface area contributed by atoms with Crippen molar-refractivity contribution >= 4 is 44.9 Å². The molecule has 4 nitrogen and oxygen atoms in total. The number of hydrazone groups is 1. The third-order valence-corrected chi connectivity index (χ3v) is 7.36. The Morgan fingerprint density at radius 2 is 1.69 bits per heavy atom. The summed E-state index contributed by atoms with van der Waals surface area (Å²) in [4.78, 5) is 17.7. The van der Waals surface area contributed by atoms with Crippen LogP contribution in [0.5, 0.6) is 0 Å². The molecule has 0 saturated carbocycles. The number of hydrogen-bond donors (Lipinski definition) is 0. The number of rotatable bonds is 5. The van der Waals surface area contributed by atoms with Crippen molar-refractivity contribution in [2.24, 2.45) is 5.10 Å². The molecule has 4 aromatic rings. The molecular weight excluding hydrogens is 448 g/mol. The fourth-order valence-electron chi connectivity index (χ4n) is 3.60. The highest BCUT2D eigenvalue weighted by atomic mass is 32.2. The number of nitrogens with zero attached hydrogens (tertiary/aromatic N) is 3. The number of carbonyl (C=O) groups excluding carboxylic acids is 1. The molecule has 1 aliphatic rings. The van der Waals surface area contributed by atoms with Crippen LogP contribution in [0.15, 0.2) is 82.2 Å². The molecule has 1 aliphatic heterocycles. The highest BCUT2D eigenvalue weighted by molar-refractivity contribution is 8.01. The van der Waals surface area contributed by atoms with Crippen LogP contribution in [-0.2, 0) is 4.79 Å². The van der Waals surface area contributed by atoms with E-state index in [1.165, 1.54) is 41.0 Å². The van der Waals surface area contributed by atoms with Crippen LogP contribution in [0.2, 0.25) is 0 Å². The van der Waals surface area contributed by atoms with E-state index in [1.807, 2.05) is 24.3 Å². The highest BCUT2D eigenvalue weighted by Crippen LogP contribution is 2.35. The lowest BCUT2D eigenvalue weighted by Crippen LogP contribution is -2.28. The molecule has 0 radical (unpaired) electrons. The Kier molecular flexibility index (Phi) is 5.71. The maximum atomic E-state index is 13.5. The number of aromatic nitrogens is 1. The van der Waals surface area contributed by atoms with Gasteiger partial charge in [0.1, 0.15) is 11.6 Å². The Bertz CT molecular complexity index is 1270. The average Bonchev–Trinajstić information content (AvgIpc) is 3.43. The number of thiazole rings is 1. The number of halogens is 2. The number of fused-ring (bicyclic) bond motifs is 1. The van der Waals surface area contributed by atoms with Gasteiger partial charge in [-0.1, -0.05) is 48.2 Å². The van der Waals surface area contributed by atoms with Gasteiger partial charge in [-0.25, -0.2) is 18.8 Å². The molecule has 2 heterocycles. The third kappa shape index (κ3) is 4.28. The van der Waals surface area contributed by atoms with Gasteiger partial charge in [0, 0.05) is 6.42 Å². The van der Waals surface area contributed by atoms with Crippen LogP contribution in [0.4, 0.5) is 8.78 Å². The van der Waals surface area contributed by atoms with E-state index in [0.717, 1.165) is 25.7 Å². The summed E-state index contributed by atoms with van der Waals surface area (Å²) in [6.07, 6.45) is 0.467. The summed E-state index contributed by atoms with van der Waals surface area (Å²) in [5, 5.41) is 6.04. The van der Waals surface area contributed by atoms with Crippen molar-refractivity contribution in [2.75, 3.05) is 5.75 Å². The molecule has 1 unspecified atom stereocenters. The molecule has 1 aromatic heterocycles. The van der Waals surface area contributed by atoms with E-state index in [-0.39, 0.29) is 29.3 Å². The van der Waals surface area contributed by atoms with Gasteiger partial charge in [-0.2, -0.15) is 5.10 Å². The average molecular weight is 466 g/mol. The molecule has 1 atom stereocenters. The Labute approximate surface area is 191 Å². The smallest absolute Gasteiger partial charge is 0.253 e. The zero-order valence-electron chi connectivity index (χ0n) is 16.7. The number of hydrogen-bond acceptors (Lipinski definition) is 5. The summed E-state index contributed by atoms with van der Waals surface area (Å²) in [6.45, 7) is 0. The van der Waals surface area contributed by atoms with Crippen molar-refractivity contribution < 1.29 is 13.6 Å². The Balaban J connectivity index is 1.39. The van der Waals surface area contributed by atoms with E-state index in [4.69, 9.17) is 0 Å². The lowest BCUT2D eigenvalue weighted by molar-refractivity contribution is -0.130. The van der Waals surface area contributed by atoms with Crippen LogP contribution >= 0.6 is 23.1 Å². The van der Waals surface area contributed by atoms with Gasteiger partial charge in [-0.15, -0.1) is 11.3 Å². The monoisotopic (exact) mass is 465 g/mol. The molecule has 0 bridgehead atoms. The van der Waals surface area contributed by atoms with Crippen molar-refractivity contribution in [3.8, 4) is 0 Å². The maximum absolute atomic E-state index is 13.5. The molecule has 3 aromatic carbocycles. The Hall–Kier alpha value is -3.10. The van der Waals surface area contributed by atoms with E-state index >= 15 is 0 Å². The first-order valence-electron chi connectivity index (χ1n) is 9.96. The van der Waals surface area contributed by atoms with Gasteiger partial charge in [-0.3, -0.25) is 4.79 Å². The van der Waals surface area contributed by atoms with Gasteiger partial charge >= 0.3 is 0 Å². The molecule has 0 saturated heterocycles. The zero-order valence-corrected chi connectivity index (χ0v) is 18.4. The number of amides is 1. The number of benzene rings is 3. The normalized spacial score (nSPS) is 15.9. The molecule has 5 rings (SSSR count). The fraction of sp³-hybridized carbons (Fsp3) is 0.125. The maximum Gasteiger partial charge on any atom is 0.253 e. The highest BCUT2D eigenvalue weighted by Gasteiger charge is 2.33. The molecule has 160 valence electrons. The zero-order chi connectivity index (χ0) is 22.1. The molecule has 0 spiro atoms. The summed E-state index contributed by atoms with van der Waals surface area (Å²) in [7, 11) is 0. The molecule has 32 heavy (non-hydrogen) atoms. The molecule has 0 aliphatic carbocycles. The van der Waals surface area contributed by atoms with Crippen LogP contribution in [0.1, 0.15) is 23.6 Å². The van der Waals surface area contributed by atoms with E-state index in [1.54, 1.807) is 35.6 Å². The van der Waals surface area contributed by atoms with Crippen LogP contribution in [-0.4, -0.2) is 27.4 Å². The predicted octanol–water partition coefficient (Wildman–Crippen LogP) is 6.04. The summed E-state index contributed by atoms with van der Waals surface area (Å²) in [5.41, 5.74) is 3.16. The summed E-state index contributed by atoms with van der Waals surface area (Å²) in [5.74, 6) is -0.656. The summed E-state index contributed by atoms with van der Waals surface area (Å²) < 4.78 is 28.7. The van der Waals surface area contributed by atoms with Crippen molar-refractivity contribution in [3.05, 3.63) is 95.6 Å². The van der Waals surface area contributed by atoms with Crippen molar-refractivity contribution in [1.29, 1.82) is 0 Å². The van der Waals surface area contributed by atoms with Gasteiger partial charge in [-0.05, 0) is 47.5 Å². The largest absolute Gasteiger partial charge is 0.272 e. The second-order valence-electron chi connectivity index (χ2n) is 7.30. The van der Waals surface area contributed by atoms with Crippen molar-refractivity contribution in [1.82, 2.24) is 9.99 Å². The van der Waals surface area contributed by atoms with Crippen LogP contribution in [0.25, 0.3) is 10.2 Å². The SMILES string of the molecule is O=C(CSc1nc2ccccc2s1)N1N=C(c2ccc(F)cc2)CC1c1ccc(F)cc1. The second-order valence-corrected chi connectivity index (χ2v) is 9.55. The standard InChI is InChI=1S/C24H17F2N3OS2/c25-17-9-5-15(6-10-17)20-13-21(16-7-11-18(26)12-8-16)29(28-20)23(30)14-31-24-27-19-3-1-2-4-22(19)32-24/h1-12,21H,13-14H2. The first-order valence-corrected chi connectivity index (χ1v) is 11.8. The van der Waals surface area contributed by atoms with Gasteiger partial charge in [0.2, 0.25) is 0 Å². The van der Waals surface area contributed by atoms with Crippen LogP contribution in [0, 0.1) is 11.6 Å². The summed E-state index contributed by atoms with van der Waals surface area (Å²) in [6, 6.07) is 19.6. The minimum atomic E-state index is -0.348. The van der Waals surface area contributed by atoms with E-state index in [2.05, 4.69) is 10.1 Å². The molecule has 0 N–H and O–H groups in total. The van der Waals surface area contributed by atoms with Gasteiger partial charge < -0.3 is 0 Å². The second kappa shape index (κ2) is 8.80. The van der Waals surface area contributed by atoms with Crippen molar-refractivity contribution in [2.45, 2.75) is 16.8 Å². The lowest BCUT2D eigenvalue weighted by atomic mass is 9.98. The molecular formula is C24H17F2N3OS2. The van der Waals surface area contributed by atoms with Crippen molar-refractivity contribution in [3.63, 3.8) is 0 Å². The number of para-hydroxylation sites is 1. The topological polar surface area (TPSA) is 45.6 Å². The Morgan fingerprint density at radius 1 is 1.00 bits per heavy atom. The predicted molar refractivity (Wildman–Crippen MR) is 124 cm³/mol. The van der Waals surface area contributed by atoms with Crippen LogP contribution < -0.4 is 0 Å². The fourth-order valence-corrected chi connectivity index (χ4v) is 5.52. The van der Waals surface area contributed by atoms with Gasteiger partial charge in [0.15, 0.2) is 4.34 Å². The van der Waals surface area contributed by atoms with E-state index in [0.29, 0.717) is 12.1 Å². The van der Waals surface area contributed by atoms with E-state index in [9.17, 15) is 13.6 Å². The first kappa shape index (κ1) is 20.8. The minimum Gasteiger partial charge on any atom is -0.272 e. The Morgan fingerprint density at radius 3 is 2.41 bits per heavy atom. The molecule has 1 amide bonds. The first-order chi connectivity index (χ1) is 15.6. The lowest BCUT2D eigenvalue weighted by Gasteiger charge is -2.21. The summed E-state index contributed by atoms with van der Waals surface area (Å²) >= 11 is 2.92. The number of carbonyl (C=O) groups is 1. The van der Waals surface area contributed by atoms with Gasteiger partial charge in [0.25, 0.3) is 5.91 Å². The quantitative estimate of drug-likeness (QED) is 0.337. The number of thioether (sulfide) groups is 1. The third-order valence-electron chi connectivity index (χ3n) is 5.19. The molecule has 0 fully saturated rings. The van der Waals surface area contributed by atoms with Gasteiger partial charge in [0.05, 0.1) is 27.7 Å². The molecule has 8 heteroatoms. The van der Waals surface area contributed by atoms with Crippen LogP contribution in [0.3, 0.4) is 0 Å².